The normalized spacial score (nSPS) is 13.0. The molecule has 2 aromatic rings. The van der Waals surface area contributed by atoms with Gasteiger partial charge in [-0.3, -0.25) is 4.90 Å². The molecule has 0 bridgehead atoms. The van der Waals surface area contributed by atoms with Crippen LogP contribution in [0, 0.1) is 12.8 Å². The third-order valence-corrected chi connectivity index (χ3v) is 4.58. The summed E-state index contributed by atoms with van der Waals surface area (Å²) in [6, 6.07) is 10.6. The molecule has 1 unspecified atom stereocenters. The van der Waals surface area contributed by atoms with E-state index >= 15 is 0 Å². The molecule has 0 aliphatic carbocycles. The third-order valence-electron chi connectivity index (χ3n) is 3.68. The van der Waals surface area contributed by atoms with Crippen molar-refractivity contribution in [3.63, 3.8) is 0 Å². The molecule has 1 N–H and O–H groups in total. The van der Waals surface area contributed by atoms with Gasteiger partial charge in [-0.05, 0) is 18.4 Å². The molecule has 21 heavy (non-hydrogen) atoms. The highest BCUT2D eigenvalue weighted by atomic mass is 32.1. The molecule has 0 aliphatic heterocycles. The molecular weight excluding hydrogens is 280 g/mol. The van der Waals surface area contributed by atoms with E-state index in [-0.39, 0.29) is 12.6 Å². The summed E-state index contributed by atoms with van der Waals surface area (Å²) in [6.07, 6.45) is 1.95. The first kappa shape index (κ1) is 16.1. The van der Waals surface area contributed by atoms with E-state index in [1.165, 1.54) is 10.4 Å². The summed E-state index contributed by atoms with van der Waals surface area (Å²) in [6.45, 7) is 8.22. The molecule has 0 amide bonds. The summed E-state index contributed by atoms with van der Waals surface area (Å²) in [5, 5.41) is 10.9. The van der Waals surface area contributed by atoms with Crippen molar-refractivity contribution in [2.75, 3.05) is 6.61 Å². The lowest BCUT2D eigenvalue weighted by atomic mass is 10.0. The molecule has 1 heterocycles. The number of thiazole rings is 1. The Balaban J connectivity index is 2.16. The van der Waals surface area contributed by atoms with E-state index in [1.54, 1.807) is 11.3 Å². The van der Waals surface area contributed by atoms with Crippen molar-refractivity contribution in [1.29, 1.82) is 0 Å². The first-order valence-electron chi connectivity index (χ1n) is 7.40. The Morgan fingerprint density at radius 1 is 1.19 bits per heavy atom. The summed E-state index contributed by atoms with van der Waals surface area (Å²) >= 11 is 1.73. The number of rotatable bonds is 7. The Labute approximate surface area is 131 Å². The SMILES string of the molecule is Cc1ncc(CN(Cc2ccccc2)C(CO)C(C)C)s1. The second-order valence-corrected chi connectivity index (χ2v) is 7.05. The van der Waals surface area contributed by atoms with Crippen LogP contribution >= 0.6 is 11.3 Å². The lowest BCUT2D eigenvalue weighted by molar-refractivity contribution is 0.0792. The van der Waals surface area contributed by atoms with Crippen molar-refractivity contribution < 1.29 is 5.11 Å². The monoisotopic (exact) mass is 304 g/mol. The minimum absolute atomic E-state index is 0.160. The first-order valence-corrected chi connectivity index (χ1v) is 8.22. The molecule has 1 aromatic carbocycles. The zero-order valence-corrected chi connectivity index (χ0v) is 13.8. The molecule has 4 heteroatoms. The van der Waals surface area contributed by atoms with Crippen molar-refractivity contribution in [2.24, 2.45) is 5.92 Å². The molecule has 0 spiro atoms. The van der Waals surface area contributed by atoms with E-state index in [0.29, 0.717) is 5.92 Å². The van der Waals surface area contributed by atoms with Crippen molar-refractivity contribution in [3.05, 3.63) is 52.0 Å². The van der Waals surface area contributed by atoms with Gasteiger partial charge in [-0.1, -0.05) is 44.2 Å². The highest BCUT2D eigenvalue weighted by Gasteiger charge is 2.22. The van der Waals surface area contributed by atoms with Crippen LogP contribution in [0.2, 0.25) is 0 Å². The maximum atomic E-state index is 9.77. The number of aromatic nitrogens is 1. The fourth-order valence-corrected chi connectivity index (χ4v) is 3.36. The lowest BCUT2D eigenvalue weighted by Crippen LogP contribution is -2.40. The van der Waals surface area contributed by atoms with Crippen molar-refractivity contribution in [1.82, 2.24) is 9.88 Å². The van der Waals surface area contributed by atoms with E-state index in [9.17, 15) is 5.11 Å². The Morgan fingerprint density at radius 3 is 2.43 bits per heavy atom. The molecule has 1 aromatic heterocycles. The van der Waals surface area contributed by atoms with Crippen LogP contribution in [0.5, 0.6) is 0 Å². The molecule has 0 saturated heterocycles. The van der Waals surface area contributed by atoms with Gasteiger partial charge in [-0.25, -0.2) is 4.98 Å². The molecule has 0 fully saturated rings. The Kier molecular flexibility index (Phi) is 5.91. The average Bonchev–Trinajstić information content (AvgIpc) is 2.85. The van der Waals surface area contributed by atoms with E-state index in [2.05, 4.69) is 48.0 Å². The van der Waals surface area contributed by atoms with E-state index in [0.717, 1.165) is 18.1 Å². The largest absolute Gasteiger partial charge is 0.395 e. The summed E-state index contributed by atoms with van der Waals surface area (Å²) < 4.78 is 0. The average molecular weight is 304 g/mol. The molecule has 3 nitrogen and oxygen atoms in total. The van der Waals surface area contributed by atoms with Gasteiger partial charge in [0.05, 0.1) is 11.6 Å². The van der Waals surface area contributed by atoms with Crippen LogP contribution in [-0.2, 0) is 13.1 Å². The van der Waals surface area contributed by atoms with E-state index in [1.807, 2.05) is 19.2 Å². The third kappa shape index (κ3) is 4.63. The second kappa shape index (κ2) is 7.69. The van der Waals surface area contributed by atoms with Crippen molar-refractivity contribution in [3.8, 4) is 0 Å². The molecule has 0 saturated carbocycles. The summed E-state index contributed by atoms with van der Waals surface area (Å²) in [5.74, 6) is 0.410. The first-order chi connectivity index (χ1) is 10.1. The maximum Gasteiger partial charge on any atom is 0.0897 e. The number of aryl methyl sites for hydroxylation is 1. The Hall–Kier alpha value is -1.23. The zero-order chi connectivity index (χ0) is 15.2. The van der Waals surface area contributed by atoms with Crippen molar-refractivity contribution in [2.45, 2.75) is 39.9 Å². The minimum atomic E-state index is 0.160. The summed E-state index contributed by atoms with van der Waals surface area (Å²) in [5.41, 5.74) is 1.28. The van der Waals surface area contributed by atoms with Crippen LogP contribution in [0.25, 0.3) is 0 Å². The molecule has 0 aliphatic rings. The van der Waals surface area contributed by atoms with Gasteiger partial charge in [-0.2, -0.15) is 0 Å². The van der Waals surface area contributed by atoms with Crippen LogP contribution in [0.15, 0.2) is 36.5 Å². The van der Waals surface area contributed by atoms with Crippen LogP contribution < -0.4 is 0 Å². The fourth-order valence-electron chi connectivity index (χ4n) is 2.53. The lowest BCUT2D eigenvalue weighted by Gasteiger charge is -2.33. The number of hydrogen-bond donors (Lipinski definition) is 1. The molecule has 1 atom stereocenters. The quantitative estimate of drug-likeness (QED) is 0.851. The predicted octanol–water partition coefficient (Wildman–Crippen LogP) is 3.47. The van der Waals surface area contributed by atoms with Gasteiger partial charge in [-0.15, -0.1) is 11.3 Å². The van der Waals surface area contributed by atoms with E-state index < -0.39 is 0 Å². The second-order valence-electron chi connectivity index (χ2n) is 5.73. The van der Waals surface area contributed by atoms with Crippen LogP contribution in [-0.4, -0.2) is 27.6 Å². The smallest absolute Gasteiger partial charge is 0.0897 e. The van der Waals surface area contributed by atoms with Crippen molar-refractivity contribution >= 4 is 11.3 Å². The van der Waals surface area contributed by atoms with Gasteiger partial charge in [0, 0.05) is 30.2 Å². The molecule has 114 valence electrons. The van der Waals surface area contributed by atoms with Gasteiger partial charge < -0.3 is 5.11 Å². The van der Waals surface area contributed by atoms with Crippen LogP contribution in [0.4, 0.5) is 0 Å². The molecule has 0 radical (unpaired) electrons. The predicted molar refractivity (Wildman–Crippen MR) is 88.3 cm³/mol. The number of aliphatic hydroxyl groups is 1. The zero-order valence-electron chi connectivity index (χ0n) is 13.0. The van der Waals surface area contributed by atoms with Gasteiger partial charge in [0.1, 0.15) is 0 Å². The minimum Gasteiger partial charge on any atom is -0.395 e. The molecule has 2 rings (SSSR count). The number of benzene rings is 1. The Bertz CT molecular complexity index is 539. The summed E-state index contributed by atoms with van der Waals surface area (Å²) in [4.78, 5) is 7.94. The summed E-state index contributed by atoms with van der Waals surface area (Å²) in [7, 11) is 0. The maximum absolute atomic E-state index is 9.77. The number of hydrogen-bond acceptors (Lipinski definition) is 4. The van der Waals surface area contributed by atoms with Gasteiger partial charge >= 0.3 is 0 Å². The highest BCUT2D eigenvalue weighted by molar-refractivity contribution is 7.11. The number of nitrogens with zero attached hydrogens (tertiary/aromatic N) is 2. The highest BCUT2D eigenvalue weighted by Crippen LogP contribution is 2.21. The standard InChI is InChI=1S/C17H24N2OS/c1-13(2)17(12-20)19(10-15-7-5-4-6-8-15)11-16-9-18-14(3)21-16/h4-9,13,17,20H,10-12H2,1-3H3. The van der Waals surface area contributed by atoms with Gasteiger partial charge in [0.15, 0.2) is 0 Å². The topological polar surface area (TPSA) is 36.4 Å². The van der Waals surface area contributed by atoms with Gasteiger partial charge in [0.2, 0.25) is 0 Å². The molecular formula is C17H24N2OS. The fraction of sp³-hybridized carbons (Fsp3) is 0.471. The van der Waals surface area contributed by atoms with E-state index in [4.69, 9.17) is 0 Å². The van der Waals surface area contributed by atoms with Crippen LogP contribution in [0.3, 0.4) is 0 Å². The number of aliphatic hydroxyl groups excluding tert-OH is 1. The Morgan fingerprint density at radius 2 is 1.90 bits per heavy atom. The van der Waals surface area contributed by atoms with Gasteiger partial charge in [0.25, 0.3) is 0 Å². The van der Waals surface area contributed by atoms with Crippen LogP contribution in [0.1, 0.15) is 29.3 Å².